The van der Waals surface area contributed by atoms with Gasteiger partial charge < -0.3 is 15.0 Å². The Morgan fingerprint density at radius 2 is 2.21 bits per heavy atom. The molecule has 1 fully saturated rings. The van der Waals surface area contributed by atoms with Crippen LogP contribution >= 0.6 is 0 Å². The molecule has 2 rings (SSSR count). The van der Waals surface area contributed by atoms with Crippen LogP contribution in [0.3, 0.4) is 0 Å². The summed E-state index contributed by atoms with van der Waals surface area (Å²) in [5, 5.41) is 3.44. The van der Waals surface area contributed by atoms with Crippen LogP contribution in [0.15, 0.2) is 18.2 Å². The van der Waals surface area contributed by atoms with Gasteiger partial charge in [0.25, 0.3) is 0 Å². The number of likely N-dealkylation sites (N-methyl/N-ethyl adjacent to an activating group) is 1. The summed E-state index contributed by atoms with van der Waals surface area (Å²) in [5.41, 5.74) is 1.69. The van der Waals surface area contributed by atoms with Crippen molar-refractivity contribution in [2.24, 2.45) is 0 Å². The lowest BCUT2D eigenvalue weighted by Gasteiger charge is -2.29. The average Bonchev–Trinajstić information content (AvgIpc) is 3.20. The topological polar surface area (TPSA) is 24.5 Å². The van der Waals surface area contributed by atoms with Crippen molar-refractivity contribution in [2.75, 3.05) is 25.7 Å². The number of ether oxygens (including phenoxy) is 1. The minimum absolute atomic E-state index is 0.140. The molecule has 4 heteroatoms. The number of halogens is 1. The van der Waals surface area contributed by atoms with Crippen molar-refractivity contribution in [3.63, 3.8) is 0 Å². The van der Waals surface area contributed by atoms with Gasteiger partial charge in [-0.1, -0.05) is 12.1 Å². The molecule has 1 aliphatic rings. The number of hydrogen-bond acceptors (Lipinski definition) is 3. The fourth-order valence-electron chi connectivity index (χ4n) is 2.21. The normalized spacial score (nSPS) is 16.4. The van der Waals surface area contributed by atoms with Gasteiger partial charge in [0.05, 0.1) is 12.3 Å². The van der Waals surface area contributed by atoms with Crippen molar-refractivity contribution in [3.05, 3.63) is 29.6 Å². The van der Waals surface area contributed by atoms with E-state index in [1.54, 1.807) is 13.2 Å². The highest BCUT2D eigenvalue weighted by molar-refractivity contribution is 5.55. The maximum atomic E-state index is 14.1. The summed E-state index contributed by atoms with van der Waals surface area (Å²) in [5.74, 6) is -0.166. The van der Waals surface area contributed by atoms with Crippen LogP contribution in [0.5, 0.6) is 0 Å². The summed E-state index contributed by atoms with van der Waals surface area (Å²) in [6, 6.07) is 6.05. The molecular formula is C15H23FN2O. The summed E-state index contributed by atoms with van der Waals surface area (Å²) in [7, 11) is 3.59. The van der Waals surface area contributed by atoms with Gasteiger partial charge in [-0.3, -0.25) is 0 Å². The first-order chi connectivity index (χ1) is 9.13. The summed E-state index contributed by atoms with van der Waals surface area (Å²) in [6.07, 6.45) is 2.47. The molecule has 1 unspecified atom stereocenters. The van der Waals surface area contributed by atoms with Gasteiger partial charge in [0.15, 0.2) is 0 Å². The summed E-state index contributed by atoms with van der Waals surface area (Å²) in [6.45, 7) is 3.34. The zero-order valence-corrected chi connectivity index (χ0v) is 11.9. The van der Waals surface area contributed by atoms with Gasteiger partial charge in [0.2, 0.25) is 0 Å². The molecule has 0 aromatic heterocycles. The second-order valence-corrected chi connectivity index (χ2v) is 5.32. The van der Waals surface area contributed by atoms with Crippen molar-refractivity contribution < 1.29 is 9.13 Å². The average molecular weight is 266 g/mol. The largest absolute Gasteiger partial charge is 0.383 e. The first-order valence-electron chi connectivity index (χ1n) is 6.86. The number of benzene rings is 1. The molecule has 0 amide bonds. The molecule has 1 saturated carbocycles. The Labute approximate surface area is 114 Å². The zero-order chi connectivity index (χ0) is 13.8. The molecule has 106 valence electrons. The van der Waals surface area contributed by atoms with Crippen molar-refractivity contribution in [3.8, 4) is 0 Å². The van der Waals surface area contributed by atoms with E-state index in [0.29, 0.717) is 18.3 Å². The van der Waals surface area contributed by atoms with E-state index in [2.05, 4.69) is 5.32 Å². The molecule has 0 aliphatic heterocycles. The number of methoxy groups -OCH3 is 1. The standard InChI is InChI=1S/C15H23FN2O/c1-11(10-19-3)18(2)15-12(5-4-6-14(15)16)9-17-13-7-8-13/h4-6,11,13,17H,7-10H2,1-3H3. The quantitative estimate of drug-likeness (QED) is 0.821. The van der Waals surface area contributed by atoms with Crippen LogP contribution in [0.2, 0.25) is 0 Å². The zero-order valence-electron chi connectivity index (χ0n) is 11.9. The molecule has 0 saturated heterocycles. The summed E-state index contributed by atoms with van der Waals surface area (Å²) in [4.78, 5) is 1.96. The third-order valence-corrected chi connectivity index (χ3v) is 3.65. The molecule has 1 N–H and O–H groups in total. The first kappa shape index (κ1) is 14.3. The van der Waals surface area contributed by atoms with E-state index in [1.807, 2.05) is 24.9 Å². The third kappa shape index (κ3) is 3.67. The molecule has 0 bridgehead atoms. The van der Waals surface area contributed by atoms with Crippen LogP contribution < -0.4 is 10.2 Å². The Kier molecular flexibility index (Phi) is 4.77. The van der Waals surface area contributed by atoms with Crippen LogP contribution in [0.4, 0.5) is 10.1 Å². The van der Waals surface area contributed by atoms with E-state index >= 15 is 0 Å². The smallest absolute Gasteiger partial charge is 0.146 e. The van der Waals surface area contributed by atoms with Crippen molar-refractivity contribution in [1.29, 1.82) is 0 Å². The van der Waals surface area contributed by atoms with E-state index in [9.17, 15) is 4.39 Å². The van der Waals surface area contributed by atoms with Crippen molar-refractivity contribution in [1.82, 2.24) is 5.32 Å². The van der Waals surface area contributed by atoms with Gasteiger partial charge in [-0.2, -0.15) is 0 Å². The lowest BCUT2D eigenvalue weighted by Crippen LogP contribution is -2.34. The summed E-state index contributed by atoms with van der Waals surface area (Å²) >= 11 is 0. The lowest BCUT2D eigenvalue weighted by molar-refractivity contribution is 0.183. The third-order valence-electron chi connectivity index (χ3n) is 3.65. The number of nitrogens with zero attached hydrogens (tertiary/aromatic N) is 1. The van der Waals surface area contributed by atoms with Gasteiger partial charge in [0.1, 0.15) is 5.82 Å². The van der Waals surface area contributed by atoms with E-state index in [-0.39, 0.29) is 11.9 Å². The summed E-state index contributed by atoms with van der Waals surface area (Å²) < 4.78 is 19.3. The van der Waals surface area contributed by atoms with E-state index in [4.69, 9.17) is 4.74 Å². The lowest BCUT2D eigenvalue weighted by atomic mass is 10.1. The van der Waals surface area contributed by atoms with Gasteiger partial charge >= 0.3 is 0 Å². The maximum Gasteiger partial charge on any atom is 0.146 e. The Balaban J connectivity index is 2.15. The maximum absolute atomic E-state index is 14.1. The Bertz CT molecular complexity index is 421. The van der Waals surface area contributed by atoms with E-state index in [1.165, 1.54) is 18.9 Å². The van der Waals surface area contributed by atoms with Crippen LogP contribution in [-0.4, -0.2) is 32.8 Å². The number of hydrogen-bond donors (Lipinski definition) is 1. The minimum Gasteiger partial charge on any atom is -0.383 e. The van der Waals surface area contributed by atoms with Crippen LogP contribution in [-0.2, 0) is 11.3 Å². The van der Waals surface area contributed by atoms with Gasteiger partial charge in [-0.05, 0) is 31.4 Å². The fourth-order valence-corrected chi connectivity index (χ4v) is 2.21. The number of nitrogens with one attached hydrogen (secondary N) is 1. The Hall–Kier alpha value is -1.13. The monoisotopic (exact) mass is 266 g/mol. The molecule has 19 heavy (non-hydrogen) atoms. The predicted molar refractivity (Wildman–Crippen MR) is 76.0 cm³/mol. The van der Waals surface area contributed by atoms with Gasteiger partial charge in [-0.25, -0.2) is 4.39 Å². The first-order valence-corrected chi connectivity index (χ1v) is 6.86. The van der Waals surface area contributed by atoms with E-state index < -0.39 is 0 Å². The highest BCUT2D eigenvalue weighted by Gasteiger charge is 2.22. The highest BCUT2D eigenvalue weighted by atomic mass is 19.1. The molecule has 1 atom stereocenters. The number of rotatable bonds is 7. The van der Waals surface area contributed by atoms with Crippen molar-refractivity contribution in [2.45, 2.75) is 38.4 Å². The molecule has 0 heterocycles. The van der Waals surface area contributed by atoms with Crippen molar-refractivity contribution >= 4 is 5.69 Å². The Morgan fingerprint density at radius 1 is 1.47 bits per heavy atom. The predicted octanol–water partition coefficient (Wildman–Crippen LogP) is 2.55. The molecule has 0 spiro atoms. The fraction of sp³-hybridized carbons (Fsp3) is 0.600. The van der Waals surface area contributed by atoms with Gasteiger partial charge in [-0.15, -0.1) is 0 Å². The molecule has 1 aromatic carbocycles. The van der Waals surface area contributed by atoms with Crippen LogP contribution in [0.1, 0.15) is 25.3 Å². The second kappa shape index (κ2) is 6.35. The minimum atomic E-state index is -0.166. The van der Waals surface area contributed by atoms with E-state index in [0.717, 1.165) is 12.1 Å². The van der Waals surface area contributed by atoms with Gasteiger partial charge in [0, 0.05) is 32.8 Å². The highest BCUT2D eigenvalue weighted by Crippen LogP contribution is 2.27. The second-order valence-electron chi connectivity index (χ2n) is 5.32. The SMILES string of the molecule is COCC(C)N(C)c1c(F)cccc1CNC1CC1. The number of para-hydroxylation sites is 1. The molecule has 3 nitrogen and oxygen atoms in total. The molecular weight excluding hydrogens is 243 g/mol. The van der Waals surface area contributed by atoms with Crippen LogP contribution in [0, 0.1) is 5.82 Å². The van der Waals surface area contributed by atoms with Crippen LogP contribution in [0.25, 0.3) is 0 Å². The number of anilines is 1. The molecule has 1 aliphatic carbocycles. The Morgan fingerprint density at radius 3 is 2.84 bits per heavy atom. The molecule has 0 radical (unpaired) electrons. The molecule has 1 aromatic rings.